The van der Waals surface area contributed by atoms with Crippen molar-refractivity contribution in [2.45, 2.75) is 25.3 Å². The minimum atomic E-state index is 0.0472. The number of aryl methyl sites for hydroxylation is 1. The molecule has 2 aromatic carbocycles. The Morgan fingerprint density at radius 3 is 2.80 bits per heavy atom. The van der Waals surface area contributed by atoms with Gasteiger partial charge in [0.25, 0.3) is 5.91 Å². The van der Waals surface area contributed by atoms with Gasteiger partial charge in [0, 0.05) is 24.2 Å². The van der Waals surface area contributed by atoms with E-state index in [1.54, 1.807) is 0 Å². The number of carbonyl (C=O) groups is 1. The Kier molecular flexibility index (Phi) is 4.22. The van der Waals surface area contributed by atoms with Crippen LogP contribution in [0, 0.1) is 6.92 Å². The lowest BCUT2D eigenvalue weighted by atomic mass is 9.89. The molecule has 0 spiro atoms. The molecule has 0 bridgehead atoms. The first-order valence-corrected chi connectivity index (χ1v) is 8.92. The molecule has 0 saturated carbocycles. The first-order chi connectivity index (χ1) is 12.1. The van der Waals surface area contributed by atoms with Crippen molar-refractivity contribution < 1.29 is 9.53 Å². The van der Waals surface area contributed by atoms with E-state index in [9.17, 15) is 4.79 Å². The van der Waals surface area contributed by atoms with Crippen molar-refractivity contribution in [2.24, 2.45) is 0 Å². The van der Waals surface area contributed by atoms with Crippen LogP contribution in [0.15, 0.2) is 48.5 Å². The van der Waals surface area contributed by atoms with Crippen LogP contribution in [0.1, 0.15) is 23.5 Å². The Morgan fingerprint density at radius 1 is 1.20 bits per heavy atom. The number of fused-ring (bicyclic) bond motifs is 3. The molecular weight excluding hydrogens is 312 g/mol. The summed E-state index contributed by atoms with van der Waals surface area (Å²) in [6.07, 6.45) is 1.01. The Morgan fingerprint density at radius 2 is 2.00 bits per heavy atom. The SMILES string of the molecule is Cc1ccc2c(c1)[C@@H]1CN(C)CC[C@@H]1N2C(=O)COc1ccccc1. The number of para-hydroxylation sites is 1. The first kappa shape index (κ1) is 16.2. The van der Waals surface area contributed by atoms with Gasteiger partial charge in [0.15, 0.2) is 6.61 Å². The topological polar surface area (TPSA) is 32.8 Å². The number of ether oxygens (including phenoxy) is 1. The van der Waals surface area contributed by atoms with E-state index in [1.807, 2.05) is 35.2 Å². The lowest BCUT2D eigenvalue weighted by Gasteiger charge is -2.36. The molecule has 1 saturated heterocycles. The maximum absolute atomic E-state index is 13.0. The molecule has 2 atom stereocenters. The van der Waals surface area contributed by atoms with Gasteiger partial charge in [0.1, 0.15) is 5.75 Å². The van der Waals surface area contributed by atoms with Crippen LogP contribution in [-0.2, 0) is 4.79 Å². The standard InChI is InChI=1S/C21H24N2O2/c1-15-8-9-19-17(12-15)18-13-22(2)11-10-20(18)23(19)21(24)14-25-16-6-4-3-5-7-16/h3-9,12,18,20H,10-11,13-14H2,1-2H3/t18-,20-/m0/s1. The van der Waals surface area contributed by atoms with E-state index in [4.69, 9.17) is 4.74 Å². The average Bonchev–Trinajstić information content (AvgIpc) is 2.93. The number of likely N-dealkylation sites (N-methyl/N-ethyl adjacent to an activating group) is 1. The van der Waals surface area contributed by atoms with Gasteiger partial charge in [-0.2, -0.15) is 0 Å². The Hall–Kier alpha value is -2.33. The van der Waals surface area contributed by atoms with Crippen molar-refractivity contribution in [2.75, 3.05) is 31.6 Å². The van der Waals surface area contributed by atoms with E-state index < -0.39 is 0 Å². The van der Waals surface area contributed by atoms with Gasteiger partial charge >= 0.3 is 0 Å². The molecule has 25 heavy (non-hydrogen) atoms. The predicted octanol–water partition coefficient (Wildman–Crippen LogP) is 3.21. The van der Waals surface area contributed by atoms with Crippen molar-refractivity contribution in [3.05, 3.63) is 59.7 Å². The zero-order valence-corrected chi connectivity index (χ0v) is 14.8. The van der Waals surface area contributed by atoms with Gasteiger partial charge in [-0.25, -0.2) is 0 Å². The van der Waals surface area contributed by atoms with E-state index in [2.05, 4.69) is 37.1 Å². The fourth-order valence-corrected chi connectivity index (χ4v) is 4.14. The largest absolute Gasteiger partial charge is 0.484 e. The second-order valence-electron chi connectivity index (χ2n) is 7.15. The van der Waals surface area contributed by atoms with Crippen molar-refractivity contribution >= 4 is 11.6 Å². The second kappa shape index (κ2) is 6.52. The molecule has 2 heterocycles. The molecule has 130 valence electrons. The van der Waals surface area contributed by atoms with E-state index in [-0.39, 0.29) is 18.6 Å². The van der Waals surface area contributed by atoms with Gasteiger partial charge in [-0.3, -0.25) is 4.79 Å². The van der Waals surface area contributed by atoms with Gasteiger partial charge in [0.05, 0.1) is 0 Å². The zero-order chi connectivity index (χ0) is 17.4. The molecule has 4 heteroatoms. The van der Waals surface area contributed by atoms with Gasteiger partial charge in [-0.05, 0) is 50.7 Å². The third kappa shape index (κ3) is 3.02. The molecule has 1 amide bonds. The summed E-state index contributed by atoms with van der Waals surface area (Å²) in [4.78, 5) is 17.3. The molecule has 0 N–H and O–H groups in total. The number of anilines is 1. The van der Waals surface area contributed by atoms with Crippen molar-refractivity contribution in [3.63, 3.8) is 0 Å². The number of hydrogen-bond donors (Lipinski definition) is 0. The van der Waals surface area contributed by atoms with Gasteiger partial charge in [-0.15, -0.1) is 0 Å². The third-order valence-electron chi connectivity index (χ3n) is 5.33. The number of carbonyl (C=O) groups excluding carboxylic acids is 1. The highest BCUT2D eigenvalue weighted by molar-refractivity contribution is 5.97. The lowest BCUT2D eigenvalue weighted by Crippen LogP contribution is -2.48. The van der Waals surface area contributed by atoms with E-state index in [0.717, 1.165) is 30.9 Å². The first-order valence-electron chi connectivity index (χ1n) is 8.92. The molecule has 0 unspecified atom stereocenters. The summed E-state index contributed by atoms with van der Waals surface area (Å²) in [5, 5.41) is 0. The summed E-state index contributed by atoms with van der Waals surface area (Å²) in [6.45, 7) is 4.23. The maximum atomic E-state index is 13.0. The molecule has 0 aliphatic carbocycles. The fraction of sp³-hybridized carbons (Fsp3) is 0.381. The molecule has 4 nitrogen and oxygen atoms in total. The van der Waals surface area contributed by atoms with Gasteiger partial charge in [0.2, 0.25) is 0 Å². The van der Waals surface area contributed by atoms with Crippen LogP contribution < -0.4 is 9.64 Å². The Balaban J connectivity index is 1.59. The highest BCUT2D eigenvalue weighted by Gasteiger charge is 2.43. The number of likely N-dealkylation sites (tertiary alicyclic amines) is 1. The molecule has 1 fully saturated rings. The summed E-state index contributed by atoms with van der Waals surface area (Å²) >= 11 is 0. The van der Waals surface area contributed by atoms with Crippen LogP contribution >= 0.6 is 0 Å². The van der Waals surface area contributed by atoms with E-state index in [1.165, 1.54) is 11.1 Å². The summed E-state index contributed by atoms with van der Waals surface area (Å²) in [5.74, 6) is 1.18. The fourth-order valence-electron chi connectivity index (χ4n) is 4.14. The predicted molar refractivity (Wildman–Crippen MR) is 99.2 cm³/mol. The van der Waals surface area contributed by atoms with Gasteiger partial charge in [-0.1, -0.05) is 35.9 Å². The molecule has 0 aromatic heterocycles. The Bertz CT molecular complexity index is 775. The van der Waals surface area contributed by atoms with Crippen LogP contribution in [0.25, 0.3) is 0 Å². The highest BCUT2D eigenvalue weighted by atomic mass is 16.5. The maximum Gasteiger partial charge on any atom is 0.265 e. The zero-order valence-electron chi connectivity index (χ0n) is 14.8. The second-order valence-corrected chi connectivity index (χ2v) is 7.15. The minimum absolute atomic E-state index is 0.0472. The monoisotopic (exact) mass is 336 g/mol. The van der Waals surface area contributed by atoms with Gasteiger partial charge < -0.3 is 14.5 Å². The highest BCUT2D eigenvalue weighted by Crippen LogP contribution is 2.44. The van der Waals surface area contributed by atoms with E-state index in [0.29, 0.717) is 5.92 Å². The lowest BCUT2D eigenvalue weighted by molar-refractivity contribution is -0.121. The van der Waals surface area contributed by atoms with Crippen LogP contribution in [0.5, 0.6) is 5.75 Å². The Labute approximate surface area is 149 Å². The number of piperidine rings is 1. The van der Waals surface area contributed by atoms with Crippen molar-refractivity contribution in [1.29, 1.82) is 0 Å². The van der Waals surface area contributed by atoms with Crippen LogP contribution in [0.3, 0.4) is 0 Å². The number of hydrogen-bond acceptors (Lipinski definition) is 3. The van der Waals surface area contributed by atoms with Crippen LogP contribution in [-0.4, -0.2) is 43.6 Å². The number of nitrogens with zero attached hydrogens (tertiary/aromatic N) is 2. The number of amides is 1. The van der Waals surface area contributed by atoms with Crippen LogP contribution in [0.2, 0.25) is 0 Å². The van der Waals surface area contributed by atoms with Crippen LogP contribution in [0.4, 0.5) is 5.69 Å². The van der Waals surface area contributed by atoms with E-state index >= 15 is 0 Å². The normalized spacial score (nSPS) is 22.4. The smallest absolute Gasteiger partial charge is 0.265 e. The molecule has 2 aliphatic heterocycles. The average molecular weight is 336 g/mol. The summed E-state index contributed by atoms with van der Waals surface area (Å²) in [6, 6.07) is 16.2. The summed E-state index contributed by atoms with van der Waals surface area (Å²) < 4.78 is 5.72. The number of benzene rings is 2. The molecule has 2 aliphatic rings. The number of rotatable bonds is 3. The third-order valence-corrected chi connectivity index (χ3v) is 5.33. The molecular formula is C21H24N2O2. The molecule has 4 rings (SSSR count). The minimum Gasteiger partial charge on any atom is -0.484 e. The summed E-state index contributed by atoms with van der Waals surface area (Å²) in [7, 11) is 2.16. The molecule has 2 aromatic rings. The summed E-state index contributed by atoms with van der Waals surface area (Å²) in [5.41, 5.74) is 3.63. The quantitative estimate of drug-likeness (QED) is 0.863. The van der Waals surface area contributed by atoms with Crippen molar-refractivity contribution in [3.8, 4) is 5.75 Å². The molecule has 0 radical (unpaired) electrons. The van der Waals surface area contributed by atoms with Crippen molar-refractivity contribution in [1.82, 2.24) is 4.90 Å².